The molecule has 6 nitrogen and oxygen atoms in total. The molecule has 1 heterocycles. The number of hydrogen-bond donors (Lipinski definition) is 1. The molecule has 0 saturated heterocycles. The van der Waals surface area contributed by atoms with Gasteiger partial charge < -0.3 is 5.73 Å². The van der Waals surface area contributed by atoms with Crippen molar-refractivity contribution in [3.8, 4) is 12.1 Å². The molecule has 0 unspecified atom stereocenters. The quantitative estimate of drug-likeness (QED) is 0.833. The van der Waals surface area contributed by atoms with Crippen LogP contribution < -0.4 is 5.73 Å². The molecule has 1 aromatic rings. The van der Waals surface area contributed by atoms with Crippen molar-refractivity contribution in [3.05, 3.63) is 39.9 Å². The van der Waals surface area contributed by atoms with E-state index in [1.807, 2.05) is 0 Å². The highest BCUT2D eigenvalue weighted by Crippen LogP contribution is 2.28. The van der Waals surface area contributed by atoms with Crippen molar-refractivity contribution in [2.75, 3.05) is 0 Å². The largest absolute Gasteiger partial charge is 0.385 e. The molecule has 1 aliphatic heterocycles. The second kappa shape index (κ2) is 5.55. The van der Waals surface area contributed by atoms with Gasteiger partial charge in [-0.05, 0) is 12.1 Å². The van der Waals surface area contributed by atoms with Crippen molar-refractivity contribution >= 4 is 33.4 Å². The molecule has 0 atom stereocenters. The molecule has 0 saturated carbocycles. The van der Waals surface area contributed by atoms with E-state index >= 15 is 0 Å². The fourth-order valence-electron chi connectivity index (χ4n) is 1.76. The van der Waals surface area contributed by atoms with Gasteiger partial charge in [-0.1, -0.05) is 28.1 Å². The predicted molar refractivity (Wildman–Crippen MR) is 75.4 cm³/mol. The number of hydrazone groups is 1. The lowest BCUT2D eigenvalue weighted by Gasteiger charge is -2.16. The van der Waals surface area contributed by atoms with Crippen LogP contribution in [-0.2, 0) is 4.79 Å². The summed E-state index contributed by atoms with van der Waals surface area (Å²) in [6, 6.07) is 10.5. The van der Waals surface area contributed by atoms with E-state index in [0.29, 0.717) is 5.56 Å². The molecule has 2 N–H and O–H groups in total. The Hall–Kier alpha value is -2.64. The first-order chi connectivity index (χ1) is 9.56. The molecule has 0 aliphatic carbocycles. The number of nitrogens with zero attached hydrogens (tertiary/aromatic N) is 4. The molecular weight excluding hydrogens is 322 g/mol. The summed E-state index contributed by atoms with van der Waals surface area (Å²) in [7, 11) is 0. The molecule has 0 aromatic heterocycles. The van der Waals surface area contributed by atoms with E-state index in [2.05, 4.69) is 21.0 Å². The number of nitrogens with two attached hydrogens (primary N) is 1. The second-order valence-corrected chi connectivity index (χ2v) is 4.85. The minimum absolute atomic E-state index is 0.0262. The highest BCUT2D eigenvalue weighted by Gasteiger charge is 2.29. The van der Waals surface area contributed by atoms with Gasteiger partial charge in [0.25, 0.3) is 5.91 Å². The number of allylic oxidation sites excluding steroid dienone is 1. The maximum Gasteiger partial charge on any atom is 0.255 e. The second-order valence-electron chi connectivity index (χ2n) is 3.93. The summed E-state index contributed by atoms with van der Waals surface area (Å²) in [4.78, 5) is 11.9. The number of benzene rings is 1. The van der Waals surface area contributed by atoms with Gasteiger partial charge in [-0.3, -0.25) is 4.79 Å². The number of carbonyl (C=O) groups is 1. The third kappa shape index (κ3) is 2.53. The molecule has 1 amide bonds. The number of rotatable bonds is 2. The van der Waals surface area contributed by atoms with Crippen LogP contribution in [0.15, 0.2) is 39.4 Å². The molecule has 20 heavy (non-hydrogen) atoms. The van der Waals surface area contributed by atoms with E-state index in [-0.39, 0.29) is 29.4 Å². The van der Waals surface area contributed by atoms with Gasteiger partial charge in [-0.25, -0.2) is 0 Å². The highest BCUT2D eigenvalue weighted by molar-refractivity contribution is 9.10. The fraction of sp³-hybridized carbons (Fsp3) is 0.0769. The number of carbonyl (C=O) groups excluding carboxylic acids is 1. The minimum Gasteiger partial charge on any atom is -0.385 e. The molecule has 0 spiro atoms. The average molecular weight is 330 g/mol. The van der Waals surface area contributed by atoms with E-state index in [9.17, 15) is 4.79 Å². The Labute approximate surface area is 123 Å². The SMILES string of the molecule is N#CC(C#N)=C(c1cccc(Br)c1)N1N=C(N)CC1=O. The Balaban J connectivity index is 2.65. The topological polar surface area (TPSA) is 106 Å². The minimum atomic E-state index is -0.375. The van der Waals surface area contributed by atoms with Crippen LogP contribution >= 0.6 is 15.9 Å². The molecule has 0 bridgehead atoms. The zero-order valence-corrected chi connectivity index (χ0v) is 11.8. The molecule has 0 radical (unpaired) electrons. The standard InChI is InChI=1S/C13H8BrN5O/c14-10-3-1-2-8(4-10)13(9(6-15)7-16)19-12(20)5-11(17)18-19/h1-4H,5H2,(H2,17,18). The van der Waals surface area contributed by atoms with Crippen molar-refractivity contribution in [1.82, 2.24) is 5.01 Å². The zero-order valence-electron chi connectivity index (χ0n) is 10.2. The van der Waals surface area contributed by atoms with Crippen LogP contribution in [0.5, 0.6) is 0 Å². The Bertz CT molecular complexity index is 707. The normalized spacial score (nSPS) is 13.4. The summed E-state index contributed by atoms with van der Waals surface area (Å²) >= 11 is 3.31. The summed E-state index contributed by atoms with van der Waals surface area (Å²) < 4.78 is 0.756. The lowest BCUT2D eigenvalue weighted by molar-refractivity contribution is -0.125. The average Bonchev–Trinajstić information content (AvgIpc) is 2.74. The van der Waals surface area contributed by atoms with Gasteiger partial charge in [0.05, 0.1) is 6.42 Å². The lowest BCUT2D eigenvalue weighted by atomic mass is 10.1. The van der Waals surface area contributed by atoms with Crippen LogP contribution in [0.4, 0.5) is 0 Å². The summed E-state index contributed by atoms with van der Waals surface area (Å²) in [5.74, 6) is -0.224. The van der Waals surface area contributed by atoms with E-state index in [1.165, 1.54) is 0 Å². The Kier molecular flexibility index (Phi) is 3.83. The Morgan fingerprint density at radius 1 is 1.40 bits per heavy atom. The van der Waals surface area contributed by atoms with Crippen molar-refractivity contribution < 1.29 is 4.79 Å². The maximum absolute atomic E-state index is 11.9. The lowest BCUT2D eigenvalue weighted by Crippen LogP contribution is -2.20. The van der Waals surface area contributed by atoms with Gasteiger partial charge in [-0.2, -0.15) is 20.6 Å². The predicted octanol–water partition coefficient (Wildman–Crippen LogP) is 1.71. The molecular formula is C13H8BrN5O. The molecule has 2 rings (SSSR count). The van der Waals surface area contributed by atoms with Crippen LogP contribution in [0.3, 0.4) is 0 Å². The third-order valence-electron chi connectivity index (χ3n) is 2.57. The van der Waals surface area contributed by atoms with E-state index in [1.54, 1.807) is 36.4 Å². The van der Waals surface area contributed by atoms with Gasteiger partial charge in [0.2, 0.25) is 0 Å². The number of hydrogen-bond acceptors (Lipinski definition) is 5. The first-order valence-corrected chi connectivity index (χ1v) is 6.32. The molecule has 1 aliphatic rings. The van der Waals surface area contributed by atoms with Gasteiger partial charge in [0.1, 0.15) is 23.7 Å². The summed E-state index contributed by atoms with van der Waals surface area (Å²) in [6.45, 7) is 0. The van der Waals surface area contributed by atoms with Crippen molar-refractivity contribution in [2.45, 2.75) is 6.42 Å². The van der Waals surface area contributed by atoms with Crippen LogP contribution in [0.25, 0.3) is 5.70 Å². The first-order valence-electron chi connectivity index (χ1n) is 5.53. The van der Waals surface area contributed by atoms with E-state index < -0.39 is 0 Å². The Morgan fingerprint density at radius 2 is 2.10 bits per heavy atom. The summed E-state index contributed by atoms with van der Waals surface area (Å²) in [5, 5.41) is 23.1. The van der Waals surface area contributed by atoms with Gasteiger partial charge in [-0.15, -0.1) is 0 Å². The number of amides is 1. The van der Waals surface area contributed by atoms with Crippen molar-refractivity contribution in [3.63, 3.8) is 0 Å². The van der Waals surface area contributed by atoms with Crippen molar-refractivity contribution in [1.29, 1.82) is 10.5 Å². The third-order valence-corrected chi connectivity index (χ3v) is 3.06. The molecule has 98 valence electrons. The molecule has 7 heteroatoms. The Morgan fingerprint density at radius 3 is 2.60 bits per heavy atom. The van der Waals surface area contributed by atoms with E-state index in [4.69, 9.17) is 16.3 Å². The van der Waals surface area contributed by atoms with Crippen molar-refractivity contribution in [2.24, 2.45) is 10.8 Å². The smallest absolute Gasteiger partial charge is 0.255 e. The van der Waals surface area contributed by atoms with Crippen LogP contribution in [-0.4, -0.2) is 16.8 Å². The van der Waals surface area contributed by atoms with Gasteiger partial charge >= 0.3 is 0 Å². The number of nitriles is 2. The van der Waals surface area contributed by atoms with Crippen LogP contribution in [0.1, 0.15) is 12.0 Å². The number of halogens is 1. The molecule has 1 aromatic carbocycles. The van der Waals surface area contributed by atoms with Crippen LogP contribution in [0, 0.1) is 22.7 Å². The molecule has 0 fully saturated rings. The number of amidine groups is 1. The summed E-state index contributed by atoms with van der Waals surface area (Å²) in [6.07, 6.45) is -0.0262. The zero-order chi connectivity index (χ0) is 14.7. The highest BCUT2D eigenvalue weighted by atomic mass is 79.9. The fourth-order valence-corrected chi connectivity index (χ4v) is 2.16. The van der Waals surface area contributed by atoms with E-state index in [0.717, 1.165) is 9.48 Å². The monoisotopic (exact) mass is 329 g/mol. The first kappa shape index (κ1) is 13.8. The maximum atomic E-state index is 11.9. The summed E-state index contributed by atoms with van der Waals surface area (Å²) in [5.41, 5.74) is 6.01. The van der Waals surface area contributed by atoms with Gasteiger partial charge in [0.15, 0.2) is 5.57 Å². The van der Waals surface area contributed by atoms with Gasteiger partial charge in [0, 0.05) is 10.0 Å². The van der Waals surface area contributed by atoms with Crippen LogP contribution in [0.2, 0.25) is 0 Å².